The Bertz CT molecular complexity index is 1230. The van der Waals surface area contributed by atoms with Gasteiger partial charge in [0, 0.05) is 11.8 Å². The molecule has 1 heterocycles. The summed E-state index contributed by atoms with van der Waals surface area (Å²) in [5, 5.41) is 10.8. The molecule has 0 saturated carbocycles. The molecular formula is C28H34N2O2SSi. The Hall–Kier alpha value is -2.46. The van der Waals surface area contributed by atoms with Crippen LogP contribution in [0.3, 0.4) is 0 Å². The van der Waals surface area contributed by atoms with Crippen LogP contribution in [0.4, 0.5) is 0 Å². The lowest BCUT2D eigenvalue weighted by molar-refractivity contribution is 0.185. The molecule has 0 spiro atoms. The first-order valence-electron chi connectivity index (χ1n) is 12.0. The van der Waals surface area contributed by atoms with Crippen LogP contribution in [-0.2, 0) is 10.8 Å². The van der Waals surface area contributed by atoms with Crippen LogP contribution < -0.4 is 4.74 Å². The number of hydrogen-bond donors (Lipinski definition) is 0. The zero-order valence-electron chi connectivity index (χ0n) is 21.2. The van der Waals surface area contributed by atoms with Crippen LogP contribution >= 0.6 is 11.3 Å². The van der Waals surface area contributed by atoms with Gasteiger partial charge >= 0.3 is 0 Å². The van der Waals surface area contributed by atoms with E-state index in [1.54, 1.807) is 11.3 Å². The Balaban J connectivity index is 1.63. The molecule has 1 unspecified atom stereocenters. The number of ether oxygens (including phenoxy) is 1. The number of nitrogens with zero attached hydrogens (tertiary/aromatic N) is 2. The van der Waals surface area contributed by atoms with E-state index in [9.17, 15) is 5.26 Å². The van der Waals surface area contributed by atoms with Crippen molar-refractivity contribution in [3.8, 4) is 32.8 Å². The van der Waals surface area contributed by atoms with E-state index in [0.717, 1.165) is 28.3 Å². The molecule has 0 N–H and O–H groups in total. The third-order valence-electron chi connectivity index (χ3n) is 6.94. The van der Waals surface area contributed by atoms with E-state index in [-0.39, 0.29) is 17.2 Å². The Kier molecular flexibility index (Phi) is 6.74. The van der Waals surface area contributed by atoms with Crippen molar-refractivity contribution in [2.24, 2.45) is 0 Å². The molecule has 4 nitrogen and oxygen atoms in total. The van der Waals surface area contributed by atoms with Gasteiger partial charge in [-0.05, 0) is 79.7 Å². The van der Waals surface area contributed by atoms with Gasteiger partial charge in [0.15, 0.2) is 8.32 Å². The van der Waals surface area contributed by atoms with E-state index >= 15 is 0 Å². The molecule has 0 amide bonds. The first-order valence-corrected chi connectivity index (χ1v) is 15.7. The lowest BCUT2D eigenvalue weighted by Crippen LogP contribution is -2.41. The number of benzene rings is 2. The second-order valence-electron chi connectivity index (χ2n) is 10.8. The van der Waals surface area contributed by atoms with Crippen LogP contribution in [0, 0.1) is 11.3 Å². The van der Waals surface area contributed by atoms with E-state index in [1.807, 2.05) is 38.2 Å². The second kappa shape index (κ2) is 9.29. The first kappa shape index (κ1) is 24.7. The van der Waals surface area contributed by atoms with Gasteiger partial charge in [0.1, 0.15) is 16.8 Å². The fourth-order valence-electron chi connectivity index (χ4n) is 4.13. The summed E-state index contributed by atoms with van der Waals surface area (Å²) < 4.78 is 12.6. The fraction of sp³-hybridized carbons (Fsp3) is 0.429. The Morgan fingerprint density at radius 2 is 1.94 bits per heavy atom. The largest absolute Gasteiger partial charge is 0.490 e. The number of hydrogen-bond acceptors (Lipinski definition) is 5. The summed E-state index contributed by atoms with van der Waals surface area (Å²) >= 11 is 1.67. The number of thiazole rings is 1. The molecule has 0 bridgehead atoms. The molecule has 0 radical (unpaired) electrons. The van der Waals surface area contributed by atoms with Crippen LogP contribution in [-0.4, -0.2) is 19.4 Å². The summed E-state index contributed by atoms with van der Waals surface area (Å²) in [5.41, 5.74) is 5.43. The maximum absolute atomic E-state index is 9.60. The van der Waals surface area contributed by atoms with E-state index in [0.29, 0.717) is 11.3 Å². The number of rotatable bonds is 6. The SMILES string of the molecule is CC(C)Oc1ccc(-c2cnc(-c3cccc4c3CCC4O[Si](C)(C)C(C)(C)C)s2)cc1C#N. The summed E-state index contributed by atoms with van der Waals surface area (Å²) in [6, 6.07) is 14.6. The average molecular weight is 491 g/mol. The number of aromatic nitrogens is 1. The van der Waals surface area contributed by atoms with Crippen LogP contribution in [0.15, 0.2) is 42.6 Å². The zero-order valence-corrected chi connectivity index (χ0v) is 23.0. The van der Waals surface area contributed by atoms with Crippen molar-refractivity contribution in [1.29, 1.82) is 5.26 Å². The fourth-order valence-corrected chi connectivity index (χ4v) is 6.41. The average Bonchev–Trinajstić information content (AvgIpc) is 3.40. The molecule has 2 aromatic carbocycles. The van der Waals surface area contributed by atoms with Crippen LogP contribution in [0.2, 0.25) is 18.1 Å². The normalized spacial score (nSPS) is 15.9. The minimum atomic E-state index is -1.85. The van der Waals surface area contributed by atoms with Crippen molar-refractivity contribution in [2.75, 3.05) is 0 Å². The standard InChI is InChI=1S/C28H34N2O2SSi/c1-18(2)31-24-13-11-19(15-20(24)16-29)26-17-30-27(33-26)23-10-8-9-22-21(23)12-14-25(22)32-34(6,7)28(3,4)5/h8-11,13,15,17-18,25H,12,14H2,1-7H3. The summed E-state index contributed by atoms with van der Waals surface area (Å²) in [6.45, 7) is 15.5. The highest BCUT2D eigenvalue weighted by molar-refractivity contribution is 7.18. The van der Waals surface area contributed by atoms with E-state index in [2.05, 4.69) is 58.1 Å². The van der Waals surface area contributed by atoms with Gasteiger partial charge in [0.2, 0.25) is 0 Å². The highest BCUT2D eigenvalue weighted by Crippen LogP contribution is 2.46. The van der Waals surface area contributed by atoms with Crippen molar-refractivity contribution in [2.45, 2.75) is 77.8 Å². The van der Waals surface area contributed by atoms with E-state index < -0.39 is 8.32 Å². The molecule has 1 aliphatic carbocycles. The maximum atomic E-state index is 9.60. The summed E-state index contributed by atoms with van der Waals surface area (Å²) in [5.74, 6) is 0.625. The van der Waals surface area contributed by atoms with Gasteiger partial charge in [-0.3, -0.25) is 0 Å². The Labute approximate surface area is 208 Å². The summed E-state index contributed by atoms with van der Waals surface area (Å²) in [6.07, 6.45) is 4.15. The third-order valence-corrected chi connectivity index (χ3v) is 12.5. The smallest absolute Gasteiger partial charge is 0.192 e. The minimum absolute atomic E-state index is 0.0255. The van der Waals surface area contributed by atoms with Gasteiger partial charge in [0.25, 0.3) is 0 Å². The lowest BCUT2D eigenvalue weighted by atomic mass is 10.0. The Morgan fingerprint density at radius 3 is 2.62 bits per heavy atom. The van der Waals surface area contributed by atoms with Gasteiger partial charge < -0.3 is 9.16 Å². The van der Waals surface area contributed by atoms with E-state index in [4.69, 9.17) is 14.1 Å². The molecular weight excluding hydrogens is 456 g/mol. The zero-order chi connectivity index (χ0) is 24.7. The lowest BCUT2D eigenvalue weighted by Gasteiger charge is -2.38. The first-order chi connectivity index (χ1) is 16.0. The Morgan fingerprint density at radius 1 is 1.18 bits per heavy atom. The molecule has 0 aliphatic heterocycles. The molecule has 4 rings (SSSR count). The molecule has 1 atom stereocenters. The molecule has 1 aromatic heterocycles. The van der Waals surface area contributed by atoms with Crippen LogP contribution in [0.25, 0.3) is 21.0 Å². The van der Waals surface area contributed by atoms with Gasteiger partial charge in [-0.1, -0.05) is 39.0 Å². The van der Waals surface area contributed by atoms with Crippen molar-refractivity contribution in [3.63, 3.8) is 0 Å². The summed E-state index contributed by atoms with van der Waals surface area (Å²) in [7, 11) is -1.85. The molecule has 0 saturated heterocycles. The highest BCUT2D eigenvalue weighted by Gasteiger charge is 2.41. The van der Waals surface area contributed by atoms with Crippen molar-refractivity contribution in [1.82, 2.24) is 4.98 Å². The molecule has 3 aromatic rings. The van der Waals surface area contributed by atoms with Gasteiger partial charge in [-0.15, -0.1) is 11.3 Å². The van der Waals surface area contributed by atoms with Crippen molar-refractivity contribution >= 4 is 19.7 Å². The molecule has 1 aliphatic rings. The molecule has 34 heavy (non-hydrogen) atoms. The molecule has 178 valence electrons. The minimum Gasteiger partial charge on any atom is -0.490 e. The predicted molar refractivity (Wildman–Crippen MR) is 143 cm³/mol. The molecule has 0 fully saturated rings. The van der Waals surface area contributed by atoms with Gasteiger partial charge in [0.05, 0.1) is 22.6 Å². The second-order valence-corrected chi connectivity index (χ2v) is 16.6. The quantitative estimate of drug-likeness (QED) is 0.327. The van der Waals surface area contributed by atoms with E-state index in [1.165, 1.54) is 16.7 Å². The van der Waals surface area contributed by atoms with Crippen LogP contribution in [0.5, 0.6) is 5.75 Å². The maximum Gasteiger partial charge on any atom is 0.192 e. The summed E-state index contributed by atoms with van der Waals surface area (Å²) in [4.78, 5) is 5.83. The topological polar surface area (TPSA) is 55.1 Å². The highest BCUT2D eigenvalue weighted by atomic mass is 32.1. The van der Waals surface area contributed by atoms with Crippen molar-refractivity contribution < 1.29 is 9.16 Å². The van der Waals surface area contributed by atoms with Gasteiger partial charge in [-0.2, -0.15) is 5.26 Å². The van der Waals surface area contributed by atoms with Crippen molar-refractivity contribution in [3.05, 3.63) is 59.3 Å². The molecule has 6 heteroatoms. The number of fused-ring (bicyclic) bond motifs is 1. The van der Waals surface area contributed by atoms with Crippen LogP contribution in [0.1, 0.15) is 63.8 Å². The predicted octanol–water partition coefficient (Wildman–Crippen LogP) is 8.15. The third kappa shape index (κ3) is 4.83. The van der Waals surface area contributed by atoms with Gasteiger partial charge in [-0.25, -0.2) is 4.98 Å². The number of nitriles is 1. The monoisotopic (exact) mass is 490 g/mol.